The van der Waals surface area contributed by atoms with Crippen LogP contribution < -0.4 is 0 Å². The smallest absolute Gasteiger partial charge is 0.346 e. The summed E-state index contributed by atoms with van der Waals surface area (Å²) in [5.41, 5.74) is -3.24. The normalized spacial score (nSPS) is 28.8. The molecule has 4 atom stereocenters. The molecule has 1 aliphatic heterocycles. The van der Waals surface area contributed by atoms with E-state index in [1.54, 1.807) is 0 Å². The van der Waals surface area contributed by atoms with Crippen molar-refractivity contribution in [3.8, 4) is 0 Å². The van der Waals surface area contributed by atoms with E-state index < -0.39 is 47.1 Å². The van der Waals surface area contributed by atoms with Crippen molar-refractivity contribution in [3.63, 3.8) is 0 Å². The number of methoxy groups -OCH3 is 4. The predicted molar refractivity (Wildman–Crippen MR) is 103 cm³/mol. The van der Waals surface area contributed by atoms with Gasteiger partial charge in [0.25, 0.3) is 0 Å². The van der Waals surface area contributed by atoms with Crippen LogP contribution in [0.25, 0.3) is 0 Å². The first-order valence-corrected chi connectivity index (χ1v) is 9.79. The van der Waals surface area contributed by atoms with E-state index in [1.807, 2.05) is 0 Å². The first-order chi connectivity index (χ1) is 14.2. The Morgan fingerprint density at radius 3 is 2.07 bits per heavy atom. The van der Waals surface area contributed by atoms with E-state index in [9.17, 15) is 24.6 Å². The van der Waals surface area contributed by atoms with Crippen molar-refractivity contribution in [2.45, 2.75) is 69.0 Å². The highest BCUT2D eigenvalue weighted by atomic mass is 16.7. The monoisotopic (exact) mass is 432 g/mol. The average molecular weight is 432 g/mol. The third-order valence-corrected chi connectivity index (χ3v) is 5.23. The molecule has 0 unspecified atom stereocenters. The molecule has 10 heteroatoms. The topological polar surface area (TPSA) is 138 Å². The Hall–Kier alpha value is -2.01. The Morgan fingerprint density at radius 2 is 1.57 bits per heavy atom. The second-order valence-corrected chi connectivity index (χ2v) is 6.97. The van der Waals surface area contributed by atoms with Crippen LogP contribution in [0.4, 0.5) is 0 Å². The fourth-order valence-corrected chi connectivity index (χ4v) is 3.54. The number of esters is 3. The van der Waals surface area contributed by atoms with E-state index in [2.05, 4.69) is 16.4 Å². The molecule has 1 rings (SSSR count). The van der Waals surface area contributed by atoms with Crippen LogP contribution in [0, 0.1) is 0 Å². The Labute approximate surface area is 176 Å². The van der Waals surface area contributed by atoms with Gasteiger partial charge in [0, 0.05) is 19.6 Å². The van der Waals surface area contributed by atoms with Gasteiger partial charge in [-0.2, -0.15) is 0 Å². The van der Waals surface area contributed by atoms with Crippen LogP contribution in [0.3, 0.4) is 0 Å². The summed E-state index contributed by atoms with van der Waals surface area (Å²) < 4.78 is 25.2. The molecular weight excluding hydrogens is 400 g/mol. The molecule has 0 amide bonds. The number of rotatable bonds is 11. The van der Waals surface area contributed by atoms with Gasteiger partial charge in [-0.1, -0.05) is 32.6 Å². The first-order valence-electron chi connectivity index (χ1n) is 9.79. The molecule has 0 bridgehead atoms. The maximum Gasteiger partial charge on any atom is 0.346 e. The van der Waals surface area contributed by atoms with Crippen LogP contribution in [0.5, 0.6) is 0 Å². The SMILES string of the molecule is CCCCCCC[C@]1(OC)O[C@@](C(=O)OC)(C(=CC(=O)OC)C(=O)OC)[C@H](O)[C@H]1O. The molecule has 0 aromatic rings. The minimum atomic E-state index is -2.56. The molecule has 172 valence electrons. The summed E-state index contributed by atoms with van der Waals surface area (Å²) in [6.07, 6.45) is 1.46. The summed E-state index contributed by atoms with van der Waals surface area (Å²) in [6, 6.07) is 0. The maximum atomic E-state index is 12.8. The minimum Gasteiger partial charge on any atom is -0.467 e. The number of aliphatic hydroxyl groups excluding tert-OH is 2. The van der Waals surface area contributed by atoms with Gasteiger partial charge < -0.3 is 33.9 Å². The van der Waals surface area contributed by atoms with Crippen molar-refractivity contribution in [3.05, 3.63) is 11.6 Å². The van der Waals surface area contributed by atoms with Crippen molar-refractivity contribution in [2.24, 2.45) is 0 Å². The third-order valence-electron chi connectivity index (χ3n) is 5.23. The van der Waals surface area contributed by atoms with Crippen LogP contribution in [0.1, 0.15) is 45.4 Å². The Morgan fingerprint density at radius 1 is 0.933 bits per heavy atom. The number of aliphatic hydroxyl groups is 2. The van der Waals surface area contributed by atoms with Crippen LogP contribution in [-0.4, -0.2) is 80.2 Å². The van der Waals surface area contributed by atoms with Gasteiger partial charge in [0.1, 0.15) is 12.2 Å². The highest BCUT2D eigenvalue weighted by molar-refractivity contribution is 6.05. The molecule has 1 fully saturated rings. The van der Waals surface area contributed by atoms with E-state index in [0.29, 0.717) is 12.5 Å². The van der Waals surface area contributed by atoms with Gasteiger partial charge in [0.2, 0.25) is 5.60 Å². The number of hydrogen-bond acceptors (Lipinski definition) is 10. The standard InChI is InChI=1S/C20H32O10/c1-6-7-8-9-10-11-19(29-5)15(22)16(23)20(30-19,18(25)28-4)13(17(24)27-3)12-14(21)26-2/h12,15-16,22-23H,6-11H2,1-5H3/t15-,16-,19+,20+/m1/s1. The van der Waals surface area contributed by atoms with Crippen molar-refractivity contribution < 1.29 is 48.3 Å². The fourth-order valence-electron chi connectivity index (χ4n) is 3.54. The quantitative estimate of drug-likeness (QED) is 0.207. The van der Waals surface area contributed by atoms with Gasteiger partial charge in [-0.05, 0) is 6.42 Å². The molecule has 0 aromatic carbocycles. The van der Waals surface area contributed by atoms with E-state index in [0.717, 1.165) is 47.0 Å². The van der Waals surface area contributed by atoms with Crippen LogP contribution in [0.15, 0.2) is 11.6 Å². The molecule has 30 heavy (non-hydrogen) atoms. The summed E-state index contributed by atoms with van der Waals surface area (Å²) in [7, 11) is 4.34. The lowest BCUT2D eigenvalue weighted by atomic mass is 9.85. The zero-order valence-electron chi connectivity index (χ0n) is 18.1. The van der Waals surface area contributed by atoms with Gasteiger partial charge >= 0.3 is 17.9 Å². The van der Waals surface area contributed by atoms with Crippen LogP contribution in [0.2, 0.25) is 0 Å². The highest BCUT2D eigenvalue weighted by Gasteiger charge is 2.69. The van der Waals surface area contributed by atoms with Crippen LogP contribution >= 0.6 is 0 Å². The van der Waals surface area contributed by atoms with E-state index >= 15 is 0 Å². The molecule has 1 heterocycles. The maximum absolute atomic E-state index is 12.8. The fraction of sp³-hybridized carbons (Fsp3) is 0.750. The van der Waals surface area contributed by atoms with E-state index in [1.165, 1.54) is 7.11 Å². The van der Waals surface area contributed by atoms with E-state index in [4.69, 9.17) is 14.2 Å². The Kier molecular flexibility index (Phi) is 9.89. The molecule has 10 nitrogen and oxygen atoms in total. The van der Waals surface area contributed by atoms with Gasteiger partial charge in [-0.25, -0.2) is 14.4 Å². The summed E-state index contributed by atoms with van der Waals surface area (Å²) in [4.78, 5) is 37.1. The molecule has 0 aliphatic carbocycles. The third kappa shape index (κ3) is 5.00. The lowest BCUT2D eigenvalue weighted by Gasteiger charge is -2.33. The average Bonchev–Trinajstić information content (AvgIpc) is 2.99. The van der Waals surface area contributed by atoms with Crippen molar-refractivity contribution >= 4 is 17.9 Å². The number of ether oxygens (including phenoxy) is 5. The molecule has 0 spiro atoms. The number of carbonyl (C=O) groups excluding carboxylic acids is 3. The second-order valence-electron chi connectivity index (χ2n) is 6.97. The summed E-state index contributed by atoms with van der Waals surface area (Å²) >= 11 is 0. The van der Waals surface area contributed by atoms with Gasteiger partial charge in [-0.3, -0.25) is 0 Å². The number of carbonyl (C=O) groups is 3. The lowest BCUT2D eigenvalue weighted by Crippen LogP contribution is -2.54. The van der Waals surface area contributed by atoms with Crippen molar-refractivity contribution in [2.75, 3.05) is 28.4 Å². The van der Waals surface area contributed by atoms with Crippen LogP contribution in [-0.2, 0) is 38.1 Å². The highest BCUT2D eigenvalue weighted by Crippen LogP contribution is 2.46. The zero-order valence-corrected chi connectivity index (χ0v) is 18.1. The summed E-state index contributed by atoms with van der Waals surface area (Å²) in [5.74, 6) is -5.17. The second kappa shape index (κ2) is 11.4. The first kappa shape index (κ1) is 26.0. The molecule has 0 aromatic heterocycles. The van der Waals surface area contributed by atoms with Gasteiger partial charge in [0.05, 0.1) is 26.9 Å². The Bertz CT molecular complexity index is 645. The lowest BCUT2D eigenvalue weighted by molar-refractivity contribution is -0.263. The van der Waals surface area contributed by atoms with E-state index in [-0.39, 0.29) is 6.42 Å². The van der Waals surface area contributed by atoms with Gasteiger partial charge in [0.15, 0.2) is 5.79 Å². The molecular formula is C20H32O10. The number of unbranched alkanes of at least 4 members (excludes halogenated alkanes) is 4. The van der Waals surface area contributed by atoms with Crippen molar-refractivity contribution in [1.29, 1.82) is 0 Å². The molecule has 1 aliphatic rings. The van der Waals surface area contributed by atoms with Crippen molar-refractivity contribution in [1.82, 2.24) is 0 Å². The predicted octanol–water partition coefficient (Wildman–Crippen LogP) is 0.626. The minimum absolute atomic E-state index is 0.122. The molecule has 0 radical (unpaired) electrons. The molecule has 2 N–H and O–H groups in total. The largest absolute Gasteiger partial charge is 0.467 e. The summed E-state index contributed by atoms with van der Waals surface area (Å²) in [6.45, 7) is 2.07. The molecule has 1 saturated heterocycles. The zero-order chi connectivity index (χ0) is 22.9. The molecule has 0 saturated carbocycles. The van der Waals surface area contributed by atoms with Gasteiger partial charge in [-0.15, -0.1) is 0 Å². The number of hydrogen-bond donors (Lipinski definition) is 2. The Balaban J connectivity index is 3.46. The summed E-state index contributed by atoms with van der Waals surface area (Å²) in [5, 5.41) is 21.6.